The number of benzene rings is 2. The molecule has 2 atom stereocenters. The molecule has 11 heteroatoms. The van der Waals surface area contributed by atoms with Crippen molar-refractivity contribution in [1.29, 1.82) is 0 Å². The number of rotatable bonds is 14. The number of ether oxygens (including phenoxy) is 1. The predicted molar refractivity (Wildman–Crippen MR) is 153 cm³/mol. The molecule has 0 fully saturated rings. The summed E-state index contributed by atoms with van der Waals surface area (Å²) in [6, 6.07) is 11.0. The fourth-order valence-corrected chi connectivity index (χ4v) is 5.26. The molecule has 0 aliphatic carbocycles. The molecule has 1 N–H and O–H groups in total. The van der Waals surface area contributed by atoms with Crippen molar-refractivity contribution in [1.82, 2.24) is 10.2 Å². The highest BCUT2D eigenvalue weighted by molar-refractivity contribution is 7.92. The van der Waals surface area contributed by atoms with Gasteiger partial charge in [0.2, 0.25) is 21.8 Å². The molecular weight excluding hydrogens is 549 g/mol. The highest BCUT2D eigenvalue weighted by Gasteiger charge is 2.28. The van der Waals surface area contributed by atoms with Crippen LogP contribution in [-0.4, -0.2) is 56.6 Å². The lowest BCUT2D eigenvalue weighted by Gasteiger charge is -2.30. The number of hydrogen-bond donors (Lipinski definition) is 1. The summed E-state index contributed by atoms with van der Waals surface area (Å²) in [4.78, 5) is 27.8. The molecule has 210 valence electrons. The van der Waals surface area contributed by atoms with Crippen molar-refractivity contribution >= 4 is 50.7 Å². The lowest BCUT2D eigenvalue weighted by atomic mass is 10.1. The molecule has 38 heavy (non-hydrogen) atoms. The number of nitrogens with zero attached hydrogens (tertiary/aromatic N) is 2. The molecule has 2 aromatic carbocycles. The Labute approximate surface area is 236 Å². The maximum Gasteiger partial charge on any atom is 0.242 e. The Morgan fingerprint density at radius 3 is 2.16 bits per heavy atom. The number of hydrogen-bond acceptors (Lipinski definition) is 5. The van der Waals surface area contributed by atoms with E-state index in [1.165, 1.54) is 9.21 Å². The van der Waals surface area contributed by atoms with Crippen LogP contribution < -0.4 is 14.4 Å². The highest BCUT2D eigenvalue weighted by atomic mass is 35.5. The van der Waals surface area contributed by atoms with E-state index in [2.05, 4.69) is 5.32 Å². The van der Waals surface area contributed by atoms with Crippen molar-refractivity contribution < 1.29 is 22.7 Å². The zero-order valence-electron chi connectivity index (χ0n) is 22.5. The lowest BCUT2D eigenvalue weighted by molar-refractivity contribution is -0.140. The van der Waals surface area contributed by atoms with Gasteiger partial charge in [0.15, 0.2) is 0 Å². The Kier molecular flexibility index (Phi) is 12.2. The van der Waals surface area contributed by atoms with E-state index in [0.29, 0.717) is 33.7 Å². The van der Waals surface area contributed by atoms with Crippen LogP contribution in [0.25, 0.3) is 0 Å². The molecule has 0 radical (unpaired) electrons. The van der Waals surface area contributed by atoms with E-state index >= 15 is 0 Å². The van der Waals surface area contributed by atoms with Crippen LogP contribution in [0.15, 0.2) is 42.5 Å². The van der Waals surface area contributed by atoms with E-state index in [9.17, 15) is 18.0 Å². The lowest BCUT2D eigenvalue weighted by Crippen LogP contribution is -2.49. The minimum absolute atomic E-state index is 0.0199. The van der Waals surface area contributed by atoms with E-state index in [4.69, 9.17) is 27.9 Å². The number of nitrogens with one attached hydrogen (secondary N) is 1. The average molecular weight is 587 g/mol. The van der Waals surface area contributed by atoms with Gasteiger partial charge in [-0.2, -0.15) is 0 Å². The molecule has 2 amide bonds. The second-order valence-corrected chi connectivity index (χ2v) is 11.8. The van der Waals surface area contributed by atoms with Gasteiger partial charge in [0.25, 0.3) is 0 Å². The summed E-state index contributed by atoms with van der Waals surface area (Å²) in [5, 5.41) is 3.70. The van der Waals surface area contributed by atoms with Gasteiger partial charge in [0.05, 0.1) is 18.6 Å². The van der Waals surface area contributed by atoms with Crippen molar-refractivity contribution in [2.45, 2.75) is 65.6 Å². The van der Waals surface area contributed by atoms with Crippen LogP contribution in [0.1, 0.15) is 52.5 Å². The quantitative estimate of drug-likeness (QED) is 0.326. The monoisotopic (exact) mass is 585 g/mol. The average Bonchev–Trinajstić information content (AvgIpc) is 2.86. The molecular formula is C27H37Cl2N3O5S. The predicted octanol–water partition coefficient (Wildman–Crippen LogP) is 5.27. The van der Waals surface area contributed by atoms with Crippen molar-refractivity contribution in [2.24, 2.45) is 0 Å². The Morgan fingerprint density at radius 2 is 1.63 bits per heavy atom. The third-order valence-electron chi connectivity index (χ3n) is 6.15. The Balaban J connectivity index is 2.21. The number of carbonyl (C=O) groups excluding carboxylic acids is 2. The van der Waals surface area contributed by atoms with E-state index in [1.807, 2.05) is 20.8 Å². The van der Waals surface area contributed by atoms with Gasteiger partial charge in [-0.1, -0.05) is 36.2 Å². The van der Waals surface area contributed by atoms with E-state index in [0.717, 1.165) is 12.7 Å². The normalized spacial score (nSPS) is 12.9. The van der Waals surface area contributed by atoms with Gasteiger partial charge < -0.3 is 15.0 Å². The molecule has 0 aliphatic rings. The largest absolute Gasteiger partial charge is 0.494 e. The van der Waals surface area contributed by atoms with Crippen LogP contribution in [0, 0.1) is 0 Å². The first-order valence-corrected chi connectivity index (χ1v) is 15.2. The molecule has 0 heterocycles. The number of halogens is 2. The number of amides is 2. The first-order chi connectivity index (χ1) is 17.9. The van der Waals surface area contributed by atoms with Crippen LogP contribution in [0.4, 0.5) is 5.69 Å². The Bertz CT molecular complexity index is 1170. The minimum atomic E-state index is -3.60. The topological polar surface area (TPSA) is 96.0 Å². The second-order valence-electron chi connectivity index (χ2n) is 9.08. The number of anilines is 1. The molecule has 2 aromatic rings. The number of carbonyl (C=O) groups is 2. The van der Waals surface area contributed by atoms with Gasteiger partial charge in [-0.3, -0.25) is 13.9 Å². The van der Waals surface area contributed by atoms with Crippen molar-refractivity contribution in [3.8, 4) is 5.75 Å². The molecule has 2 rings (SSSR count). The number of sulfonamides is 1. The van der Waals surface area contributed by atoms with Crippen LogP contribution in [0.2, 0.25) is 10.0 Å². The SMILES string of the molecule is CCOc1ccc(N(CCCC(=O)N(Cc2c(Cl)cccc2Cl)[C@H](C)C(=O)N[C@@H](C)CC)S(C)(=O)=O)cc1. The first kappa shape index (κ1) is 31.7. The fourth-order valence-electron chi connectivity index (χ4n) is 3.78. The molecule has 0 unspecified atom stereocenters. The van der Waals surface area contributed by atoms with Crippen LogP contribution in [0.5, 0.6) is 5.75 Å². The molecule has 0 saturated carbocycles. The van der Waals surface area contributed by atoms with Crippen LogP contribution in [-0.2, 0) is 26.2 Å². The minimum Gasteiger partial charge on any atom is -0.494 e. The van der Waals surface area contributed by atoms with E-state index < -0.39 is 16.1 Å². The van der Waals surface area contributed by atoms with Gasteiger partial charge in [0, 0.05) is 41.2 Å². The maximum absolute atomic E-state index is 13.4. The summed E-state index contributed by atoms with van der Waals surface area (Å²) in [6.45, 7) is 8.01. The first-order valence-electron chi connectivity index (χ1n) is 12.6. The van der Waals surface area contributed by atoms with Gasteiger partial charge >= 0.3 is 0 Å². The third-order valence-corrected chi connectivity index (χ3v) is 8.05. The summed E-state index contributed by atoms with van der Waals surface area (Å²) in [7, 11) is -3.60. The van der Waals surface area contributed by atoms with E-state index in [-0.39, 0.29) is 43.8 Å². The molecule has 0 spiro atoms. The second kappa shape index (κ2) is 14.6. The van der Waals surface area contributed by atoms with Crippen LogP contribution in [0.3, 0.4) is 0 Å². The van der Waals surface area contributed by atoms with Gasteiger partial charge in [-0.05, 0) is 70.0 Å². The van der Waals surface area contributed by atoms with Gasteiger partial charge in [0.1, 0.15) is 11.8 Å². The molecule has 0 aliphatic heterocycles. The van der Waals surface area contributed by atoms with Crippen molar-refractivity contribution in [3.63, 3.8) is 0 Å². The van der Waals surface area contributed by atoms with Gasteiger partial charge in [-0.25, -0.2) is 8.42 Å². The standard InChI is InChI=1S/C27H37Cl2N3O5S/c1-6-19(3)30-27(34)20(4)31(18-23-24(28)10-8-11-25(23)29)26(33)12-9-17-32(38(5,35)36)21-13-15-22(16-14-21)37-7-2/h8,10-11,13-16,19-20H,6-7,9,12,17-18H2,1-5H3,(H,30,34)/t19-,20+/m0/s1. The summed E-state index contributed by atoms with van der Waals surface area (Å²) < 4.78 is 31.7. The van der Waals surface area contributed by atoms with E-state index in [1.54, 1.807) is 49.4 Å². The van der Waals surface area contributed by atoms with Gasteiger partial charge in [-0.15, -0.1) is 0 Å². The van der Waals surface area contributed by atoms with Crippen molar-refractivity contribution in [3.05, 3.63) is 58.1 Å². The highest BCUT2D eigenvalue weighted by Crippen LogP contribution is 2.27. The summed E-state index contributed by atoms with van der Waals surface area (Å²) in [5.74, 6) is 0.0365. The molecule has 0 saturated heterocycles. The van der Waals surface area contributed by atoms with Crippen LogP contribution >= 0.6 is 23.2 Å². The van der Waals surface area contributed by atoms with Crippen molar-refractivity contribution in [2.75, 3.05) is 23.7 Å². The molecule has 8 nitrogen and oxygen atoms in total. The molecule has 0 bridgehead atoms. The Morgan fingerprint density at radius 1 is 1.03 bits per heavy atom. The Hall–Kier alpha value is -2.49. The maximum atomic E-state index is 13.4. The zero-order valence-corrected chi connectivity index (χ0v) is 24.9. The summed E-state index contributed by atoms with van der Waals surface area (Å²) in [5.41, 5.74) is 1.02. The summed E-state index contributed by atoms with van der Waals surface area (Å²) >= 11 is 12.7. The summed E-state index contributed by atoms with van der Waals surface area (Å²) in [6.07, 6.45) is 2.13. The fraction of sp³-hybridized carbons (Fsp3) is 0.481. The molecule has 0 aromatic heterocycles. The smallest absolute Gasteiger partial charge is 0.242 e. The zero-order chi connectivity index (χ0) is 28.5. The third kappa shape index (κ3) is 9.06.